The maximum atomic E-state index is 10.5. The van der Waals surface area contributed by atoms with Crippen LogP contribution < -0.4 is 0 Å². The van der Waals surface area contributed by atoms with Crippen LogP contribution in [0.3, 0.4) is 0 Å². The van der Waals surface area contributed by atoms with Crippen LogP contribution >= 0.6 is 0 Å². The highest BCUT2D eigenvalue weighted by Crippen LogP contribution is 2.46. The van der Waals surface area contributed by atoms with Gasteiger partial charge in [-0.2, -0.15) is 0 Å². The van der Waals surface area contributed by atoms with Gasteiger partial charge in [0.2, 0.25) is 0 Å². The van der Waals surface area contributed by atoms with Crippen LogP contribution in [0, 0.1) is 41.5 Å². The van der Waals surface area contributed by atoms with Crippen LogP contribution in [0.2, 0.25) is 0 Å². The topological polar surface area (TPSA) is 60.7 Å². The largest absolute Gasteiger partial charge is 0.508 e. The van der Waals surface area contributed by atoms with E-state index in [0.717, 1.165) is 50.1 Å². The Hall–Kier alpha value is -2.94. The lowest BCUT2D eigenvalue weighted by Crippen LogP contribution is -2.28. The molecule has 3 aromatic carbocycles. The van der Waals surface area contributed by atoms with Gasteiger partial charge in [0.15, 0.2) is 0 Å². The Labute approximate surface area is 173 Å². The zero-order valence-electron chi connectivity index (χ0n) is 18.3. The molecular formula is C26H30O3. The minimum absolute atomic E-state index is 0.260. The number of aryl methyl sites for hydroxylation is 5. The zero-order valence-corrected chi connectivity index (χ0v) is 18.3. The second-order valence-electron chi connectivity index (χ2n) is 8.44. The van der Waals surface area contributed by atoms with Gasteiger partial charge in [0.1, 0.15) is 17.2 Å². The normalized spacial score (nSPS) is 11.7. The quantitative estimate of drug-likeness (QED) is 0.480. The first kappa shape index (κ1) is 20.8. The third-order valence-electron chi connectivity index (χ3n) is 6.28. The number of phenolic OH excluding ortho intramolecular Hbond substituents is 3. The van der Waals surface area contributed by atoms with Crippen molar-refractivity contribution in [2.24, 2.45) is 0 Å². The second-order valence-corrected chi connectivity index (χ2v) is 8.44. The van der Waals surface area contributed by atoms with Gasteiger partial charge in [-0.3, -0.25) is 0 Å². The summed E-state index contributed by atoms with van der Waals surface area (Å²) in [6.07, 6.45) is 0. The standard InChI is InChI=1S/C26H30O3/c1-14-8-9-22(27)19(6)23(14)26(7,20-10-15(2)24(28)16(3)11-20)21-12-17(4)25(29)18(5)13-21/h8-13,27-29H,1-7H3. The Morgan fingerprint density at radius 2 is 0.966 bits per heavy atom. The molecule has 0 saturated carbocycles. The molecule has 0 heterocycles. The summed E-state index contributed by atoms with van der Waals surface area (Å²) < 4.78 is 0. The molecule has 0 aliphatic carbocycles. The molecule has 0 spiro atoms. The molecule has 0 fully saturated rings. The van der Waals surface area contributed by atoms with E-state index in [1.54, 1.807) is 6.07 Å². The van der Waals surface area contributed by atoms with Crippen LogP contribution in [-0.2, 0) is 5.41 Å². The number of rotatable bonds is 3. The van der Waals surface area contributed by atoms with Crippen molar-refractivity contribution in [2.75, 3.05) is 0 Å². The molecule has 3 aromatic rings. The fraction of sp³-hybridized carbons (Fsp3) is 0.308. The van der Waals surface area contributed by atoms with Crippen molar-refractivity contribution in [3.05, 3.63) is 86.5 Å². The Morgan fingerprint density at radius 1 is 0.586 bits per heavy atom. The molecule has 0 bridgehead atoms. The summed E-state index contributed by atoms with van der Waals surface area (Å²) in [4.78, 5) is 0. The number of hydrogen-bond acceptors (Lipinski definition) is 3. The molecule has 0 aliphatic rings. The van der Waals surface area contributed by atoms with Gasteiger partial charge in [0.25, 0.3) is 0 Å². The van der Waals surface area contributed by atoms with Crippen LogP contribution in [0.25, 0.3) is 0 Å². The smallest absolute Gasteiger partial charge is 0.121 e. The fourth-order valence-corrected chi connectivity index (χ4v) is 4.55. The molecule has 152 valence electrons. The maximum Gasteiger partial charge on any atom is 0.121 e. The molecular weight excluding hydrogens is 360 g/mol. The predicted molar refractivity (Wildman–Crippen MR) is 118 cm³/mol. The molecule has 0 saturated heterocycles. The Balaban J connectivity index is 2.48. The maximum absolute atomic E-state index is 10.5. The Morgan fingerprint density at radius 3 is 1.34 bits per heavy atom. The van der Waals surface area contributed by atoms with E-state index >= 15 is 0 Å². The number of phenols is 3. The first-order valence-corrected chi connectivity index (χ1v) is 9.89. The van der Waals surface area contributed by atoms with Gasteiger partial charge in [0.05, 0.1) is 0 Å². The van der Waals surface area contributed by atoms with E-state index in [0.29, 0.717) is 11.5 Å². The highest BCUT2D eigenvalue weighted by Gasteiger charge is 2.36. The van der Waals surface area contributed by atoms with Crippen molar-refractivity contribution < 1.29 is 15.3 Å². The molecule has 3 nitrogen and oxygen atoms in total. The molecule has 29 heavy (non-hydrogen) atoms. The van der Waals surface area contributed by atoms with E-state index in [1.165, 1.54) is 0 Å². The lowest BCUT2D eigenvalue weighted by molar-refractivity contribution is 0.463. The summed E-state index contributed by atoms with van der Waals surface area (Å²) in [7, 11) is 0. The van der Waals surface area contributed by atoms with Crippen LogP contribution in [-0.4, -0.2) is 15.3 Å². The summed E-state index contributed by atoms with van der Waals surface area (Å²) >= 11 is 0. The average molecular weight is 391 g/mol. The van der Waals surface area contributed by atoms with Gasteiger partial charge in [-0.25, -0.2) is 0 Å². The predicted octanol–water partition coefficient (Wildman–Crippen LogP) is 6.01. The monoisotopic (exact) mass is 390 g/mol. The van der Waals surface area contributed by atoms with E-state index in [-0.39, 0.29) is 5.75 Å². The molecule has 3 rings (SSSR count). The summed E-state index contributed by atoms with van der Waals surface area (Å²) in [6.45, 7) is 13.8. The van der Waals surface area contributed by atoms with Crippen LogP contribution in [0.5, 0.6) is 17.2 Å². The van der Waals surface area contributed by atoms with Crippen LogP contribution in [0.4, 0.5) is 0 Å². The van der Waals surface area contributed by atoms with E-state index in [2.05, 4.69) is 13.8 Å². The molecule has 0 aliphatic heterocycles. The van der Waals surface area contributed by atoms with E-state index in [1.807, 2.05) is 65.0 Å². The third-order valence-corrected chi connectivity index (χ3v) is 6.28. The molecule has 0 radical (unpaired) electrons. The molecule has 0 amide bonds. The molecule has 0 unspecified atom stereocenters. The Bertz CT molecular complexity index is 1010. The summed E-state index contributed by atoms with van der Waals surface area (Å²) in [6, 6.07) is 11.7. The average Bonchev–Trinajstić information content (AvgIpc) is 2.66. The van der Waals surface area contributed by atoms with Gasteiger partial charge >= 0.3 is 0 Å². The third kappa shape index (κ3) is 3.25. The molecule has 3 heteroatoms. The van der Waals surface area contributed by atoms with E-state index in [9.17, 15) is 15.3 Å². The van der Waals surface area contributed by atoms with E-state index in [4.69, 9.17) is 0 Å². The lowest BCUT2D eigenvalue weighted by atomic mass is 9.67. The molecule has 3 N–H and O–H groups in total. The Kier molecular flexibility index (Phi) is 5.12. The minimum atomic E-state index is -0.584. The van der Waals surface area contributed by atoms with Crippen molar-refractivity contribution in [1.82, 2.24) is 0 Å². The van der Waals surface area contributed by atoms with E-state index < -0.39 is 5.41 Å². The highest BCUT2D eigenvalue weighted by molar-refractivity contribution is 5.61. The number of hydrogen-bond donors (Lipinski definition) is 3. The van der Waals surface area contributed by atoms with Crippen molar-refractivity contribution in [3.8, 4) is 17.2 Å². The summed E-state index contributed by atoms with van der Waals surface area (Å²) in [5.41, 5.74) is 7.68. The lowest BCUT2D eigenvalue weighted by Gasteiger charge is -2.36. The van der Waals surface area contributed by atoms with Crippen molar-refractivity contribution in [2.45, 2.75) is 53.9 Å². The minimum Gasteiger partial charge on any atom is -0.508 e. The summed E-state index contributed by atoms with van der Waals surface area (Å²) in [5, 5.41) is 31.2. The second kappa shape index (κ2) is 7.14. The van der Waals surface area contributed by atoms with Gasteiger partial charge in [-0.1, -0.05) is 30.3 Å². The molecule has 0 atom stereocenters. The van der Waals surface area contributed by atoms with Gasteiger partial charge in [-0.05, 0) is 105 Å². The van der Waals surface area contributed by atoms with Crippen LogP contribution in [0.15, 0.2) is 36.4 Å². The van der Waals surface area contributed by atoms with Gasteiger partial charge < -0.3 is 15.3 Å². The fourth-order valence-electron chi connectivity index (χ4n) is 4.55. The van der Waals surface area contributed by atoms with Crippen molar-refractivity contribution in [3.63, 3.8) is 0 Å². The van der Waals surface area contributed by atoms with Gasteiger partial charge in [-0.15, -0.1) is 0 Å². The summed E-state index contributed by atoms with van der Waals surface area (Å²) in [5.74, 6) is 0.869. The van der Waals surface area contributed by atoms with Crippen molar-refractivity contribution in [1.29, 1.82) is 0 Å². The van der Waals surface area contributed by atoms with Crippen LogP contribution in [0.1, 0.15) is 57.0 Å². The SMILES string of the molecule is Cc1cc(C(C)(c2cc(C)c(O)c(C)c2)c2c(C)ccc(O)c2C)cc(C)c1O. The molecule has 0 aromatic heterocycles. The zero-order chi connectivity index (χ0) is 21.7. The van der Waals surface area contributed by atoms with Gasteiger partial charge in [0, 0.05) is 5.41 Å². The van der Waals surface area contributed by atoms with Crippen molar-refractivity contribution >= 4 is 0 Å². The first-order chi connectivity index (χ1) is 13.5. The number of benzene rings is 3. The highest BCUT2D eigenvalue weighted by atomic mass is 16.3. The number of aromatic hydroxyl groups is 3. The first-order valence-electron chi connectivity index (χ1n) is 9.89.